The maximum atomic E-state index is 13.6. The van der Waals surface area contributed by atoms with Crippen LogP contribution in [0, 0.1) is 11.8 Å². The van der Waals surface area contributed by atoms with Crippen LogP contribution in [0.3, 0.4) is 0 Å². The first kappa shape index (κ1) is 32.7. The molecule has 2 aromatic carbocycles. The lowest BCUT2D eigenvalue weighted by atomic mass is 9.68. The van der Waals surface area contributed by atoms with Crippen molar-refractivity contribution in [3.05, 3.63) is 64.7 Å². The van der Waals surface area contributed by atoms with Crippen molar-refractivity contribution in [2.75, 3.05) is 52.3 Å². The molecule has 0 radical (unpaired) electrons. The average Bonchev–Trinajstić information content (AvgIpc) is 3.14. The van der Waals surface area contributed by atoms with Crippen LogP contribution in [0.25, 0.3) is 0 Å². The largest absolute Gasteiger partial charge is 0.490 e. The first-order chi connectivity index (χ1) is 21.9. The number of halogens is 1. The lowest BCUT2D eigenvalue weighted by Crippen LogP contribution is -2.50. The molecule has 1 N–H and O–H groups in total. The van der Waals surface area contributed by atoms with E-state index in [0.29, 0.717) is 42.7 Å². The highest BCUT2D eigenvalue weighted by molar-refractivity contribution is 7.90. The second-order valence-electron chi connectivity index (χ2n) is 13.5. The van der Waals surface area contributed by atoms with Crippen molar-refractivity contribution in [2.45, 2.75) is 61.5 Å². The zero-order chi connectivity index (χ0) is 32.8. The maximum absolute atomic E-state index is 13.6. The van der Waals surface area contributed by atoms with Gasteiger partial charge in [-0.25, -0.2) is 17.9 Å². The van der Waals surface area contributed by atoms with Gasteiger partial charge in [0.15, 0.2) is 0 Å². The van der Waals surface area contributed by atoms with E-state index in [0.717, 1.165) is 32.1 Å². The fourth-order valence-electron chi connectivity index (χ4n) is 7.29. The number of hydrogen-bond donors (Lipinski definition) is 1. The summed E-state index contributed by atoms with van der Waals surface area (Å²) in [5.74, 6) is 0.235. The van der Waals surface area contributed by atoms with Gasteiger partial charge in [-0.05, 0) is 99.5 Å². The summed E-state index contributed by atoms with van der Waals surface area (Å²) in [5.41, 5.74) is 2.78. The zero-order valence-corrected chi connectivity index (χ0v) is 28.4. The highest BCUT2D eigenvalue weighted by atomic mass is 35.5. The summed E-state index contributed by atoms with van der Waals surface area (Å²) in [5, 5.41) is 0.708. The monoisotopic (exact) mass is 670 g/mol. The molecule has 248 valence electrons. The average molecular weight is 671 g/mol. The molecule has 2 aromatic rings. The van der Waals surface area contributed by atoms with Crippen LogP contribution in [0.15, 0.2) is 53.4 Å². The molecule has 0 unspecified atom stereocenters. The summed E-state index contributed by atoms with van der Waals surface area (Å²) in [4.78, 5) is 31.3. The fourth-order valence-corrected chi connectivity index (χ4v) is 8.55. The minimum absolute atomic E-state index is 0.00441. The normalized spacial score (nSPS) is 30.0. The molecule has 5 atom stereocenters. The quantitative estimate of drug-likeness (QED) is 0.439. The van der Waals surface area contributed by atoms with Crippen LogP contribution in [0.1, 0.15) is 43.7 Å². The Morgan fingerprint density at radius 2 is 1.98 bits per heavy atom. The highest BCUT2D eigenvalue weighted by Gasteiger charge is 2.45. The molecule has 0 saturated heterocycles. The van der Waals surface area contributed by atoms with Gasteiger partial charge in [0.1, 0.15) is 11.9 Å². The van der Waals surface area contributed by atoms with Crippen molar-refractivity contribution in [1.82, 2.24) is 14.5 Å². The van der Waals surface area contributed by atoms with E-state index in [2.05, 4.69) is 15.7 Å². The van der Waals surface area contributed by atoms with Crippen LogP contribution < -0.4 is 14.4 Å². The summed E-state index contributed by atoms with van der Waals surface area (Å²) in [7, 11) is 0.931. The molecule has 2 bridgehead atoms. The minimum atomic E-state index is -4.16. The number of hydrogen-bond acceptors (Lipinski definition) is 8. The summed E-state index contributed by atoms with van der Waals surface area (Å²) < 4.78 is 42.0. The second-order valence-corrected chi connectivity index (χ2v) is 15.6. The van der Waals surface area contributed by atoms with E-state index in [9.17, 15) is 18.0 Å². The molecular weight excluding hydrogens is 628 g/mol. The van der Waals surface area contributed by atoms with Gasteiger partial charge in [-0.1, -0.05) is 23.7 Å². The third kappa shape index (κ3) is 6.33. The van der Waals surface area contributed by atoms with Gasteiger partial charge >= 0.3 is 6.09 Å². The standard InChI is InChI=1S/C34H43ClN4O6S/c1-22-32(40)36-46(42,43)26-11-14-31-29(18-26)39(20-34(21-44-31)15-5-7-23-17-25(35)10-13-28(23)34)19-24-9-12-27(24)30(8-6-16-38(22)4)45-33(41)37(2)3/h6,8,10-11,13-14,17-18,22,24,27,30H,5,7,9,12,15-16,19-21H2,1-4H3,(H,36,40)/b8-6-/t22-,24-,27+,30-,34-/m0/s1. The van der Waals surface area contributed by atoms with Gasteiger partial charge in [0.2, 0.25) is 0 Å². The van der Waals surface area contributed by atoms with E-state index < -0.39 is 34.2 Å². The van der Waals surface area contributed by atoms with Gasteiger partial charge in [0, 0.05) is 50.1 Å². The van der Waals surface area contributed by atoms with Crippen LogP contribution in [-0.2, 0) is 31.4 Å². The number of carbonyl (C=O) groups is 2. The molecule has 2 heterocycles. The van der Waals surface area contributed by atoms with Crippen LogP contribution in [0.2, 0.25) is 5.02 Å². The Morgan fingerprint density at radius 3 is 2.72 bits per heavy atom. The number of sulfonamides is 1. The Hall–Kier alpha value is -3.28. The van der Waals surface area contributed by atoms with Gasteiger partial charge in [-0.3, -0.25) is 9.69 Å². The van der Waals surface area contributed by atoms with E-state index in [4.69, 9.17) is 21.1 Å². The van der Waals surface area contributed by atoms with E-state index in [1.54, 1.807) is 45.1 Å². The Bertz CT molecular complexity index is 1650. The number of anilines is 1. The van der Waals surface area contributed by atoms with E-state index >= 15 is 0 Å². The first-order valence-electron chi connectivity index (χ1n) is 16.0. The predicted octanol–water partition coefficient (Wildman–Crippen LogP) is 4.60. The fraction of sp³-hybridized carbons (Fsp3) is 0.529. The minimum Gasteiger partial charge on any atom is -0.490 e. The second kappa shape index (κ2) is 12.7. The molecule has 46 heavy (non-hydrogen) atoms. The van der Waals surface area contributed by atoms with E-state index in [1.807, 2.05) is 24.3 Å². The number of fused-ring (bicyclic) bond motifs is 4. The summed E-state index contributed by atoms with van der Waals surface area (Å²) in [6.07, 6.45) is 7.65. The molecule has 12 heteroatoms. The first-order valence-corrected chi connectivity index (χ1v) is 17.9. The van der Waals surface area contributed by atoms with Crippen LogP contribution in [0.4, 0.5) is 10.5 Å². The van der Waals surface area contributed by atoms with Crippen LogP contribution >= 0.6 is 11.6 Å². The number of ether oxygens (including phenoxy) is 2. The molecule has 1 fully saturated rings. The smallest absolute Gasteiger partial charge is 0.409 e. The molecule has 1 saturated carbocycles. The molecule has 6 rings (SSSR count). The molecular formula is C34H43ClN4O6S. The molecule has 2 amide bonds. The molecule has 2 aliphatic heterocycles. The Labute approximate surface area is 276 Å². The van der Waals surface area contributed by atoms with Gasteiger partial charge in [0.05, 0.1) is 23.2 Å². The summed E-state index contributed by atoms with van der Waals surface area (Å²) in [6.45, 7) is 3.72. The molecule has 1 spiro atoms. The van der Waals surface area contributed by atoms with E-state index in [-0.39, 0.29) is 22.1 Å². The number of carbonyl (C=O) groups excluding carboxylic acids is 2. The van der Waals surface area contributed by atoms with Crippen molar-refractivity contribution < 1.29 is 27.5 Å². The predicted molar refractivity (Wildman–Crippen MR) is 177 cm³/mol. The van der Waals surface area contributed by atoms with E-state index in [1.165, 1.54) is 22.1 Å². The van der Waals surface area contributed by atoms with Crippen molar-refractivity contribution in [3.63, 3.8) is 0 Å². The SMILES string of the molecule is C[C@H]1C(=O)NS(=O)(=O)c2ccc3c(c2)N(C[C@@H]2CC[C@H]2[C@@H](OC(=O)N(C)C)/C=C\CN1C)C[C@@]1(CCCc2cc(Cl)ccc21)CO3. The summed E-state index contributed by atoms with van der Waals surface area (Å²) >= 11 is 6.41. The number of amides is 2. The van der Waals surface area contributed by atoms with Crippen LogP contribution in [-0.4, -0.2) is 89.7 Å². The number of rotatable bonds is 1. The summed E-state index contributed by atoms with van der Waals surface area (Å²) in [6, 6.07) is 10.2. The Kier molecular flexibility index (Phi) is 9.04. The number of benzene rings is 2. The van der Waals surface area contributed by atoms with Crippen LogP contribution in [0.5, 0.6) is 5.75 Å². The highest BCUT2D eigenvalue weighted by Crippen LogP contribution is 2.47. The maximum Gasteiger partial charge on any atom is 0.409 e. The topological polar surface area (TPSA) is 108 Å². The van der Waals surface area contributed by atoms with Gasteiger partial charge in [-0.15, -0.1) is 0 Å². The third-order valence-electron chi connectivity index (χ3n) is 10.3. The molecule has 0 aromatic heterocycles. The van der Waals surface area contributed by atoms with Gasteiger partial charge in [0.25, 0.3) is 15.9 Å². The van der Waals surface area contributed by atoms with Crippen molar-refractivity contribution >= 4 is 39.3 Å². The zero-order valence-electron chi connectivity index (χ0n) is 26.9. The van der Waals surface area contributed by atoms with Crippen molar-refractivity contribution in [1.29, 1.82) is 0 Å². The number of aryl methyl sites for hydroxylation is 1. The molecule has 4 aliphatic rings. The Balaban J connectivity index is 1.44. The van der Waals surface area contributed by atoms with Crippen molar-refractivity contribution in [3.8, 4) is 5.75 Å². The lowest BCUT2D eigenvalue weighted by Gasteiger charge is -2.46. The molecule has 2 aliphatic carbocycles. The van der Waals surface area contributed by atoms with Gasteiger partial charge in [-0.2, -0.15) is 0 Å². The lowest BCUT2D eigenvalue weighted by molar-refractivity contribution is -0.123. The van der Waals surface area contributed by atoms with Gasteiger partial charge < -0.3 is 19.3 Å². The number of nitrogens with one attached hydrogen (secondary N) is 1. The molecule has 10 nitrogen and oxygen atoms in total. The Morgan fingerprint density at radius 1 is 1.17 bits per heavy atom. The number of likely N-dealkylation sites (N-methyl/N-ethyl adjacent to an activating group) is 1. The third-order valence-corrected chi connectivity index (χ3v) is 11.8. The number of nitrogens with zero attached hydrogens (tertiary/aromatic N) is 3. The van der Waals surface area contributed by atoms with Crippen molar-refractivity contribution in [2.24, 2.45) is 11.8 Å².